The third-order valence-corrected chi connectivity index (χ3v) is 6.05. The quantitative estimate of drug-likeness (QED) is 0.596. The number of rotatable bonds is 6. The molecule has 5 nitrogen and oxygen atoms in total. The van der Waals surface area contributed by atoms with Gasteiger partial charge in [-0.3, -0.25) is 9.59 Å². The Balaban J connectivity index is 1.74. The molecule has 2 aliphatic rings. The molecule has 2 heterocycles. The van der Waals surface area contributed by atoms with E-state index in [0.29, 0.717) is 29.5 Å². The van der Waals surface area contributed by atoms with Gasteiger partial charge in [0.15, 0.2) is 0 Å². The second-order valence-electron chi connectivity index (χ2n) is 9.24. The molecule has 0 radical (unpaired) electrons. The van der Waals surface area contributed by atoms with Crippen LogP contribution in [0.25, 0.3) is 5.57 Å². The van der Waals surface area contributed by atoms with Crippen molar-refractivity contribution in [1.82, 2.24) is 4.90 Å². The lowest BCUT2D eigenvalue weighted by molar-refractivity contribution is -0.120. The van der Waals surface area contributed by atoms with E-state index in [1.54, 1.807) is 0 Å². The van der Waals surface area contributed by atoms with E-state index in [-0.39, 0.29) is 11.8 Å². The predicted octanol–water partition coefficient (Wildman–Crippen LogP) is 5.11. The van der Waals surface area contributed by atoms with Gasteiger partial charge in [-0.15, -0.1) is 0 Å². The monoisotopic (exact) mass is 432 g/mol. The van der Waals surface area contributed by atoms with Crippen molar-refractivity contribution in [2.24, 2.45) is 5.92 Å². The van der Waals surface area contributed by atoms with Gasteiger partial charge in [-0.2, -0.15) is 0 Å². The highest BCUT2D eigenvalue weighted by atomic mass is 16.5. The summed E-state index contributed by atoms with van der Waals surface area (Å²) in [4.78, 5) is 30.8. The topological polar surface area (TPSA) is 49.9 Å². The van der Waals surface area contributed by atoms with Crippen molar-refractivity contribution in [3.05, 3.63) is 64.9 Å². The molecule has 5 heteroatoms. The van der Waals surface area contributed by atoms with E-state index in [2.05, 4.69) is 18.7 Å². The molecule has 168 valence electrons. The number of carbonyl (C=O) groups excluding carboxylic acids is 2. The van der Waals surface area contributed by atoms with Crippen LogP contribution in [0.1, 0.15) is 49.8 Å². The summed E-state index contributed by atoms with van der Waals surface area (Å²) in [5.74, 6) is 0.728. The van der Waals surface area contributed by atoms with E-state index < -0.39 is 0 Å². The number of anilines is 1. The first-order chi connectivity index (χ1) is 15.4. The number of aryl methyl sites for hydroxylation is 2. The summed E-state index contributed by atoms with van der Waals surface area (Å²) in [5, 5.41) is 0. The molecule has 2 amide bonds. The van der Waals surface area contributed by atoms with Gasteiger partial charge in [-0.25, -0.2) is 4.90 Å². The Morgan fingerprint density at radius 1 is 0.906 bits per heavy atom. The van der Waals surface area contributed by atoms with E-state index in [4.69, 9.17) is 4.74 Å². The standard InChI is InChI=1S/C27H32N2O3/c1-18(2)17-32-22-11-9-21(10-12-22)24-25(28-14-6-5-7-15-28)27(31)29(26(24)30)23-13-8-19(3)16-20(23)4/h8-13,16,18H,5-7,14-15,17H2,1-4H3. The number of ether oxygens (including phenoxy) is 1. The zero-order valence-electron chi connectivity index (χ0n) is 19.5. The molecular formula is C27H32N2O3. The average Bonchev–Trinajstić information content (AvgIpc) is 3.03. The SMILES string of the molecule is Cc1ccc(N2C(=O)C(c3ccc(OCC(C)C)cc3)=C(N3CCCCC3)C2=O)c(C)c1. The molecule has 1 fully saturated rings. The molecule has 0 N–H and O–H groups in total. The first-order valence-electron chi connectivity index (χ1n) is 11.6. The fraction of sp³-hybridized carbons (Fsp3) is 0.407. The van der Waals surface area contributed by atoms with Crippen molar-refractivity contribution in [2.45, 2.75) is 47.0 Å². The number of benzene rings is 2. The van der Waals surface area contributed by atoms with Crippen LogP contribution in [0.2, 0.25) is 0 Å². The van der Waals surface area contributed by atoms with Crippen LogP contribution in [0.4, 0.5) is 5.69 Å². The van der Waals surface area contributed by atoms with Crippen molar-refractivity contribution in [3.63, 3.8) is 0 Å². The summed E-state index contributed by atoms with van der Waals surface area (Å²) in [6.45, 7) is 10.4. The zero-order valence-corrected chi connectivity index (χ0v) is 19.5. The minimum absolute atomic E-state index is 0.223. The highest BCUT2D eigenvalue weighted by molar-refractivity contribution is 6.45. The van der Waals surface area contributed by atoms with Gasteiger partial charge in [0.05, 0.1) is 17.9 Å². The summed E-state index contributed by atoms with van der Waals surface area (Å²) in [6.07, 6.45) is 3.22. The van der Waals surface area contributed by atoms with Crippen LogP contribution in [-0.2, 0) is 9.59 Å². The number of amides is 2. The Hall–Kier alpha value is -3.08. The number of carbonyl (C=O) groups is 2. The first kappa shape index (κ1) is 22.1. The van der Waals surface area contributed by atoms with Gasteiger partial charge in [0.2, 0.25) is 0 Å². The van der Waals surface area contributed by atoms with Gasteiger partial charge in [0.1, 0.15) is 11.4 Å². The van der Waals surface area contributed by atoms with Gasteiger partial charge in [0, 0.05) is 13.1 Å². The van der Waals surface area contributed by atoms with Crippen molar-refractivity contribution in [2.75, 3.05) is 24.6 Å². The van der Waals surface area contributed by atoms with E-state index in [1.807, 2.05) is 56.3 Å². The van der Waals surface area contributed by atoms with Crippen LogP contribution < -0.4 is 9.64 Å². The Kier molecular flexibility index (Phi) is 6.35. The maximum absolute atomic E-state index is 13.7. The van der Waals surface area contributed by atoms with Gasteiger partial charge < -0.3 is 9.64 Å². The molecular weight excluding hydrogens is 400 g/mol. The molecule has 2 aliphatic heterocycles. The molecule has 0 aromatic heterocycles. The van der Waals surface area contributed by atoms with Crippen LogP contribution in [0, 0.1) is 19.8 Å². The highest BCUT2D eigenvalue weighted by Gasteiger charge is 2.43. The van der Waals surface area contributed by atoms with Gasteiger partial charge in [-0.05, 0) is 68.4 Å². The van der Waals surface area contributed by atoms with Crippen LogP contribution in [0.3, 0.4) is 0 Å². The number of likely N-dealkylation sites (tertiary alicyclic amines) is 1. The summed E-state index contributed by atoms with van der Waals surface area (Å²) in [7, 11) is 0. The normalized spacial score (nSPS) is 17.0. The smallest absolute Gasteiger partial charge is 0.282 e. The van der Waals surface area contributed by atoms with Crippen LogP contribution in [-0.4, -0.2) is 36.4 Å². The highest BCUT2D eigenvalue weighted by Crippen LogP contribution is 2.37. The van der Waals surface area contributed by atoms with Gasteiger partial charge in [0.25, 0.3) is 11.8 Å². The molecule has 0 aliphatic carbocycles. The summed E-state index contributed by atoms with van der Waals surface area (Å²) >= 11 is 0. The molecule has 2 aromatic carbocycles. The fourth-order valence-corrected chi connectivity index (χ4v) is 4.45. The minimum Gasteiger partial charge on any atom is -0.493 e. The Labute approximate surface area is 190 Å². The average molecular weight is 433 g/mol. The fourth-order valence-electron chi connectivity index (χ4n) is 4.45. The third-order valence-electron chi connectivity index (χ3n) is 6.05. The van der Waals surface area contributed by atoms with Crippen molar-refractivity contribution in [1.29, 1.82) is 0 Å². The number of piperidine rings is 1. The molecule has 0 saturated carbocycles. The number of imide groups is 1. The number of hydrogen-bond acceptors (Lipinski definition) is 4. The number of nitrogens with zero attached hydrogens (tertiary/aromatic N) is 2. The second kappa shape index (κ2) is 9.19. The van der Waals surface area contributed by atoms with Crippen molar-refractivity contribution >= 4 is 23.1 Å². The minimum atomic E-state index is -0.252. The summed E-state index contributed by atoms with van der Waals surface area (Å²) < 4.78 is 5.80. The molecule has 0 atom stereocenters. The maximum Gasteiger partial charge on any atom is 0.282 e. The Morgan fingerprint density at radius 3 is 2.22 bits per heavy atom. The summed E-state index contributed by atoms with van der Waals surface area (Å²) in [5.41, 5.74) is 4.47. The van der Waals surface area contributed by atoms with Crippen molar-refractivity contribution < 1.29 is 14.3 Å². The van der Waals surface area contributed by atoms with Crippen molar-refractivity contribution in [3.8, 4) is 5.75 Å². The third kappa shape index (κ3) is 4.29. The van der Waals surface area contributed by atoms with Crippen LogP contribution in [0.15, 0.2) is 48.2 Å². The molecule has 1 saturated heterocycles. The Morgan fingerprint density at radius 2 is 1.59 bits per heavy atom. The summed E-state index contributed by atoms with van der Waals surface area (Å²) in [6, 6.07) is 13.4. The molecule has 0 spiro atoms. The lowest BCUT2D eigenvalue weighted by atomic mass is 10.0. The van der Waals surface area contributed by atoms with Crippen LogP contribution >= 0.6 is 0 Å². The maximum atomic E-state index is 13.7. The van der Waals surface area contributed by atoms with Crippen LogP contribution in [0.5, 0.6) is 5.75 Å². The second-order valence-corrected chi connectivity index (χ2v) is 9.24. The van der Waals surface area contributed by atoms with E-state index >= 15 is 0 Å². The van der Waals surface area contributed by atoms with E-state index in [9.17, 15) is 9.59 Å². The van der Waals surface area contributed by atoms with Gasteiger partial charge >= 0.3 is 0 Å². The first-order valence-corrected chi connectivity index (χ1v) is 11.6. The lowest BCUT2D eigenvalue weighted by Gasteiger charge is -2.29. The molecule has 2 aromatic rings. The van der Waals surface area contributed by atoms with E-state index in [1.165, 1.54) is 4.90 Å². The molecule has 32 heavy (non-hydrogen) atoms. The largest absolute Gasteiger partial charge is 0.493 e. The van der Waals surface area contributed by atoms with Gasteiger partial charge in [-0.1, -0.05) is 43.7 Å². The molecule has 4 rings (SSSR count). The zero-order chi connectivity index (χ0) is 22.8. The predicted molar refractivity (Wildman–Crippen MR) is 128 cm³/mol. The molecule has 0 unspecified atom stereocenters. The lowest BCUT2D eigenvalue weighted by Crippen LogP contribution is -2.37. The Bertz CT molecular complexity index is 1050. The number of hydrogen-bond donors (Lipinski definition) is 0. The molecule has 0 bridgehead atoms. The van der Waals surface area contributed by atoms with E-state index in [0.717, 1.165) is 54.8 Å².